The molecule has 48 heavy (non-hydrogen) atoms. The van der Waals surface area contributed by atoms with Gasteiger partial charge in [0.15, 0.2) is 0 Å². The van der Waals surface area contributed by atoms with Crippen LogP contribution >= 0.6 is 0 Å². The van der Waals surface area contributed by atoms with Crippen LogP contribution < -0.4 is 0 Å². The lowest BCUT2D eigenvalue weighted by molar-refractivity contribution is -0.136. The maximum absolute atomic E-state index is 12.4. The van der Waals surface area contributed by atoms with Gasteiger partial charge in [0.1, 0.15) is 0 Å². The van der Waals surface area contributed by atoms with Crippen LogP contribution in [-0.4, -0.2) is 60.9 Å². The van der Waals surface area contributed by atoms with E-state index in [9.17, 15) is 19.2 Å². The van der Waals surface area contributed by atoms with Gasteiger partial charge in [0.2, 0.25) is 11.8 Å². The van der Waals surface area contributed by atoms with E-state index in [2.05, 4.69) is 58.0 Å². The summed E-state index contributed by atoms with van der Waals surface area (Å²) in [6.45, 7) is 2.27. The minimum atomic E-state index is -0.527. The molecule has 0 N–H and O–H groups in total. The van der Waals surface area contributed by atoms with Crippen molar-refractivity contribution in [1.29, 1.82) is 0 Å². The van der Waals surface area contributed by atoms with E-state index < -0.39 is 11.9 Å². The number of carbonyl (C=O) groups excluding carboxylic acids is 4. The van der Waals surface area contributed by atoms with Gasteiger partial charge < -0.3 is 19.3 Å². The second-order valence-electron chi connectivity index (χ2n) is 11.5. The quantitative estimate of drug-likeness (QED) is 0.196. The summed E-state index contributed by atoms with van der Waals surface area (Å²) in [7, 11) is 2.58. The van der Waals surface area contributed by atoms with E-state index in [1.165, 1.54) is 60.8 Å². The summed E-state index contributed by atoms with van der Waals surface area (Å²) >= 11 is 0. The highest BCUT2D eigenvalue weighted by Gasteiger charge is 2.29. The summed E-state index contributed by atoms with van der Waals surface area (Å²) in [5.41, 5.74) is 7.14. The first-order valence-electron chi connectivity index (χ1n) is 15.7. The molecule has 6 rings (SSSR count). The van der Waals surface area contributed by atoms with Crippen molar-refractivity contribution in [2.45, 2.75) is 24.9 Å². The molecule has 2 amide bonds. The van der Waals surface area contributed by atoms with Crippen LogP contribution in [0.4, 0.5) is 0 Å². The van der Waals surface area contributed by atoms with E-state index in [0.29, 0.717) is 26.2 Å². The lowest BCUT2D eigenvalue weighted by Gasteiger charge is -2.34. The van der Waals surface area contributed by atoms with Crippen molar-refractivity contribution in [3.8, 4) is 0 Å². The van der Waals surface area contributed by atoms with Crippen molar-refractivity contribution in [3.05, 3.63) is 167 Å². The van der Waals surface area contributed by atoms with Crippen LogP contribution in [0, 0.1) is 0 Å². The number of amides is 2. The zero-order valence-corrected chi connectivity index (χ0v) is 27.0. The van der Waals surface area contributed by atoms with Crippen LogP contribution in [0.5, 0.6) is 0 Å². The van der Waals surface area contributed by atoms with Gasteiger partial charge in [0.25, 0.3) is 0 Å². The molecule has 0 spiro atoms. The lowest BCUT2D eigenvalue weighted by Crippen LogP contribution is -2.37. The van der Waals surface area contributed by atoms with Crippen molar-refractivity contribution in [2.75, 3.05) is 27.3 Å². The maximum atomic E-state index is 12.4. The fraction of sp³-hybridized carbons (Fsp3) is 0.200. The predicted octanol–water partition coefficient (Wildman–Crippen LogP) is 5.78. The van der Waals surface area contributed by atoms with Crippen LogP contribution in [-0.2, 0) is 41.7 Å². The molecule has 0 radical (unpaired) electrons. The summed E-state index contributed by atoms with van der Waals surface area (Å²) in [5, 5.41) is 0. The van der Waals surface area contributed by atoms with Gasteiger partial charge in [0.05, 0.1) is 14.2 Å². The van der Waals surface area contributed by atoms with Crippen molar-refractivity contribution >= 4 is 23.8 Å². The summed E-state index contributed by atoms with van der Waals surface area (Å²) < 4.78 is 9.08. The number of ether oxygens (including phenoxy) is 2. The third kappa shape index (κ3) is 8.33. The number of esters is 2. The molecule has 2 heterocycles. The van der Waals surface area contributed by atoms with Crippen LogP contribution in [0.2, 0.25) is 0 Å². The molecule has 0 unspecified atom stereocenters. The number of nitrogens with zero attached hydrogens (tertiary/aromatic N) is 2. The zero-order chi connectivity index (χ0) is 33.9. The normalized spacial score (nSPS) is 16.7. The van der Waals surface area contributed by atoms with Crippen molar-refractivity contribution < 1.29 is 28.7 Å². The Morgan fingerprint density at radius 1 is 0.521 bits per heavy atom. The Morgan fingerprint density at radius 3 is 1.25 bits per heavy atom. The van der Waals surface area contributed by atoms with Crippen LogP contribution in [0.25, 0.3) is 0 Å². The molecule has 8 heteroatoms. The van der Waals surface area contributed by atoms with Gasteiger partial charge >= 0.3 is 11.9 Å². The Labute approximate surface area is 280 Å². The van der Waals surface area contributed by atoms with Gasteiger partial charge in [-0.05, 0) is 33.4 Å². The van der Waals surface area contributed by atoms with Crippen LogP contribution in [0.15, 0.2) is 133 Å². The molecule has 0 saturated carbocycles. The van der Waals surface area contributed by atoms with Crippen LogP contribution in [0.3, 0.4) is 0 Å². The number of rotatable bonds is 6. The second-order valence-corrected chi connectivity index (χ2v) is 11.5. The first-order valence-corrected chi connectivity index (χ1v) is 15.7. The molecule has 2 aliphatic heterocycles. The highest BCUT2D eigenvalue weighted by Crippen LogP contribution is 2.34. The van der Waals surface area contributed by atoms with E-state index in [4.69, 9.17) is 0 Å². The Hall–Kier alpha value is -5.76. The average molecular weight is 643 g/mol. The standard InChI is InChI=1S/2C20H19NO3/c2*1-24-20(23)12-11-19(22)21-13-16-9-5-6-10-17(16)18(14-21)15-7-3-2-4-8-15/h2*2-12,18H,13-14H2,1H3/b2*12-11+/t2*18-/m10/s1. The lowest BCUT2D eigenvalue weighted by atomic mass is 9.84. The summed E-state index contributed by atoms with van der Waals surface area (Å²) in [4.78, 5) is 50.8. The molecule has 0 aromatic heterocycles. The van der Waals surface area contributed by atoms with Gasteiger partial charge in [-0.1, -0.05) is 109 Å². The summed E-state index contributed by atoms with van der Waals surface area (Å²) in [6.07, 6.45) is 4.89. The Kier molecular flexibility index (Phi) is 11.3. The second kappa shape index (κ2) is 16.2. The van der Waals surface area contributed by atoms with Gasteiger partial charge in [-0.2, -0.15) is 0 Å². The molecule has 4 aromatic rings. The number of carbonyl (C=O) groups is 4. The SMILES string of the molecule is COC(=O)/C=C/C(=O)N1Cc2ccccc2[C@@H](c2ccccc2)C1.COC(=O)/C=C/C(=O)N1Cc2ccccc2[C@H](c2ccccc2)C1. The average Bonchev–Trinajstić information content (AvgIpc) is 3.15. The fourth-order valence-corrected chi connectivity index (χ4v) is 6.12. The topological polar surface area (TPSA) is 93.2 Å². The molecule has 8 nitrogen and oxygen atoms in total. The van der Waals surface area contributed by atoms with Gasteiger partial charge in [-0.25, -0.2) is 9.59 Å². The van der Waals surface area contributed by atoms with E-state index >= 15 is 0 Å². The number of hydrogen-bond donors (Lipinski definition) is 0. The molecule has 0 bridgehead atoms. The Balaban J connectivity index is 0.000000188. The molecule has 0 fully saturated rings. The fourth-order valence-electron chi connectivity index (χ4n) is 6.12. The first kappa shape index (κ1) is 33.6. The smallest absolute Gasteiger partial charge is 0.330 e. The molecule has 2 aliphatic rings. The Bertz CT molecular complexity index is 1670. The van der Waals surface area contributed by atoms with Crippen molar-refractivity contribution in [1.82, 2.24) is 9.80 Å². The van der Waals surface area contributed by atoms with E-state index in [1.54, 1.807) is 9.80 Å². The molecular formula is C40H38N2O6. The zero-order valence-electron chi connectivity index (χ0n) is 27.0. The molecule has 4 aromatic carbocycles. The third-order valence-electron chi connectivity index (χ3n) is 8.54. The van der Waals surface area contributed by atoms with Gasteiger partial charge in [0, 0.05) is 62.3 Å². The minimum absolute atomic E-state index is 0.131. The molecular weight excluding hydrogens is 604 g/mol. The highest BCUT2D eigenvalue weighted by atomic mass is 16.5. The van der Waals surface area contributed by atoms with Crippen molar-refractivity contribution in [3.63, 3.8) is 0 Å². The number of fused-ring (bicyclic) bond motifs is 2. The molecule has 2 atom stereocenters. The first-order chi connectivity index (χ1) is 23.4. The summed E-state index contributed by atoms with van der Waals surface area (Å²) in [6, 6.07) is 36.7. The largest absolute Gasteiger partial charge is 0.466 e. The van der Waals surface area contributed by atoms with Gasteiger partial charge in [-0.15, -0.1) is 0 Å². The third-order valence-corrected chi connectivity index (χ3v) is 8.54. The molecule has 0 aliphatic carbocycles. The van der Waals surface area contributed by atoms with Crippen molar-refractivity contribution in [2.24, 2.45) is 0 Å². The number of benzene rings is 4. The minimum Gasteiger partial charge on any atom is -0.466 e. The van der Waals surface area contributed by atoms with Crippen LogP contribution in [0.1, 0.15) is 45.2 Å². The summed E-state index contributed by atoms with van der Waals surface area (Å²) in [5.74, 6) is -1.16. The predicted molar refractivity (Wildman–Crippen MR) is 183 cm³/mol. The molecule has 0 saturated heterocycles. The number of hydrogen-bond acceptors (Lipinski definition) is 6. The Morgan fingerprint density at radius 2 is 0.875 bits per heavy atom. The maximum Gasteiger partial charge on any atom is 0.330 e. The van der Waals surface area contributed by atoms with E-state index in [-0.39, 0.29) is 23.7 Å². The molecule has 244 valence electrons. The van der Waals surface area contributed by atoms with E-state index in [0.717, 1.165) is 11.1 Å². The van der Waals surface area contributed by atoms with E-state index in [1.807, 2.05) is 60.7 Å². The van der Waals surface area contributed by atoms with Gasteiger partial charge in [-0.3, -0.25) is 9.59 Å². The number of methoxy groups -OCH3 is 2. The highest BCUT2D eigenvalue weighted by molar-refractivity contribution is 5.95. The monoisotopic (exact) mass is 642 g/mol.